The molecule has 164 valence electrons. The van der Waals surface area contributed by atoms with Gasteiger partial charge in [-0.1, -0.05) is 12.1 Å². The van der Waals surface area contributed by atoms with E-state index in [1.165, 1.54) is 20.5 Å². The van der Waals surface area contributed by atoms with Crippen molar-refractivity contribution in [1.82, 2.24) is 5.32 Å². The highest BCUT2D eigenvalue weighted by molar-refractivity contribution is 5.83. The summed E-state index contributed by atoms with van der Waals surface area (Å²) >= 11 is 0. The largest absolute Gasteiger partial charge is 0.493 e. The summed E-state index contributed by atoms with van der Waals surface area (Å²) in [5.74, 6) is 1.31. The van der Waals surface area contributed by atoms with Gasteiger partial charge in [-0.25, -0.2) is 0 Å². The Morgan fingerprint density at radius 2 is 1.81 bits per heavy atom. The van der Waals surface area contributed by atoms with Crippen LogP contribution in [0.5, 0.6) is 17.2 Å². The molecule has 4 rings (SSSR count). The summed E-state index contributed by atoms with van der Waals surface area (Å²) in [4.78, 5) is 25.4. The zero-order chi connectivity index (χ0) is 22.5. The molecule has 0 radical (unpaired) electrons. The lowest BCUT2D eigenvalue weighted by atomic mass is 10.1. The minimum atomic E-state index is -0.410. The number of ether oxygens (including phenoxy) is 3. The zero-order valence-corrected chi connectivity index (χ0v) is 17.5. The number of para-hydroxylation sites is 1. The smallest absolute Gasteiger partial charge is 0.258 e. The topological polar surface area (TPSA) is 100 Å². The van der Waals surface area contributed by atoms with E-state index in [9.17, 15) is 9.59 Å². The van der Waals surface area contributed by atoms with E-state index in [4.69, 9.17) is 23.0 Å². The monoisotopic (exact) mass is 435 g/mol. The Kier molecular flexibility index (Phi) is 6.12. The molecule has 0 atom stereocenters. The fraction of sp³-hybridized carbons (Fsp3) is 0.167. The number of rotatable bonds is 8. The number of amides is 1. The third-order valence-electron chi connectivity index (χ3n) is 4.79. The number of methoxy groups -OCH3 is 2. The van der Waals surface area contributed by atoms with Gasteiger partial charge in [-0.3, -0.25) is 9.59 Å². The van der Waals surface area contributed by atoms with E-state index in [1.807, 2.05) is 0 Å². The van der Waals surface area contributed by atoms with Gasteiger partial charge in [0, 0.05) is 5.56 Å². The first-order valence-corrected chi connectivity index (χ1v) is 9.81. The highest BCUT2D eigenvalue weighted by Gasteiger charge is 2.20. The fourth-order valence-electron chi connectivity index (χ4n) is 3.21. The van der Waals surface area contributed by atoms with Crippen LogP contribution in [-0.2, 0) is 11.3 Å². The molecule has 2 heterocycles. The maximum absolute atomic E-state index is 13.2. The lowest BCUT2D eigenvalue weighted by Gasteiger charge is -2.13. The number of carbonyl (C=O) groups is 1. The van der Waals surface area contributed by atoms with Crippen molar-refractivity contribution in [2.45, 2.75) is 6.54 Å². The van der Waals surface area contributed by atoms with Crippen molar-refractivity contribution >= 4 is 16.9 Å². The molecule has 0 aliphatic heterocycles. The molecule has 0 bridgehead atoms. The molecule has 8 heteroatoms. The van der Waals surface area contributed by atoms with Crippen LogP contribution in [0.25, 0.3) is 22.3 Å². The Hall–Kier alpha value is -4.20. The number of benzene rings is 2. The molecule has 0 aliphatic carbocycles. The van der Waals surface area contributed by atoms with E-state index < -0.39 is 5.91 Å². The summed E-state index contributed by atoms with van der Waals surface area (Å²) in [6, 6.07) is 15.4. The van der Waals surface area contributed by atoms with Crippen LogP contribution < -0.4 is 25.0 Å². The normalized spacial score (nSPS) is 10.7. The summed E-state index contributed by atoms with van der Waals surface area (Å²) in [5.41, 5.74) is 0.559. The molecule has 1 N–H and O–H groups in total. The molecule has 4 aromatic rings. The van der Waals surface area contributed by atoms with Crippen LogP contribution in [-0.4, -0.2) is 26.7 Å². The molecule has 2 aromatic heterocycles. The van der Waals surface area contributed by atoms with Gasteiger partial charge in [0.25, 0.3) is 5.91 Å². The Morgan fingerprint density at radius 3 is 2.56 bits per heavy atom. The Morgan fingerprint density at radius 1 is 1.00 bits per heavy atom. The molecule has 0 fully saturated rings. The van der Waals surface area contributed by atoms with E-state index in [1.54, 1.807) is 54.6 Å². The first-order chi connectivity index (χ1) is 15.6. The third-order valence-corrected chi connectivity index (χ3v) is 4.79. The van der Waals surface area contributed by atoms with Crippen LogP contribution in [0.15, 0.2) is 74.5 Å². The summed E-state index contributed by atoms with van der Waals surface area (Å²) < 4.78 is 27.5. The minimum absolute atomic E-state index is 0.0657. The predicted molar refractivity (Wildman–Crippen MR) is 117 cm³/mol. The number of hydrogen-bond donors (Lipinski definition) is 1. The van der Waals surface area contributed by atoms with Crippen molar-refractivity contribution < 1.29 is 27.8 Å². The van der Waals surface area contributed by atoms with Crippen molar-refractivity contribution in [2.75, 3.05) is 20.8 Å². The quantitative estimate of drug-likeness (QED) is 0.450. The molecule has 0 saturated carbocycles. The molecular formula is C24H21NO7. The second-order valence-corrected chi connectivity index (χ2v) is 6.80. The zero-order valence-electron chi connectivity index (χ0n) is 17.5. The number of nitrogens with one attached hydrogen (secondary N) is 1. The Balaban J connectivity index is 1.68. The van der Waals surface area contributed by atoms with E-state index in [2.05, 4.69) is 5.32 Å². The molecule has 1 amide bonds. The second kappa shape index (κ2) is 9.30. The molecule has 0 spiro atoms. The summed E-state index contributed by atoms with van der Waals surface area (Å²) in [5, 5.41) is 3.03. The van der Waals surface area contributed by atoms with Crippen LogP contribution in [0, 0.1) is 0 Å². The number of furan rings is 1. The maximum atomic E-state index is 13.2. The molecule has 2 aromatic carbocycles. The SMILES string of the molecule is COc1ccc(-c2oc3ccccc3c(=O)c2OCC(=O)NCc2ccco2)cc1OC. The van der Waals surface area contributed by atoms with Gasteiger partial charge in [-0.2, -0.15) is 0 Å². The average molecular weight is 435 g/mol. The first kappa shape index (κ1) is 21.0. The van der Waals surface area contributed by atoms with Crippen molar-refractivity contribution in [3.8, 4) is 28.6 Å². The number of hydrogen-bond acceptors (Lipinski definition) is 7. The lowest BCUT2D eigenvalue weighted by Crippen LogP contribution is -2.29. The van der Waals surface area contributed by atoms with Gasteiger partial charge in [0.2, 0.25) is 11.2 Å². The van der Waals surface area contributed by atoms with Gasteiger partial charge in [0.05, 0.1) is 32.4 Å². The molecule has 8 nitrogen and oxygen atoms in total. The molecule has 0 aliphatic rings. The van der Waals surface area contributed by atoms with E-state index >= 15 is 0 Å². The van der Waals surface area contributed by atoms with Gasteiger partial charge in [0.15, 0.2) is 23.9 Å². The van der Waals surface area contributed by atoms with Crippen LogP contribution >= 0.6 is 0 Å². The van der Waals surface area contributed by atoms with Gasteiger partial charge in [0.1, 0.15) is 11.3 Å². The molecule has 32 heavy (non-hydrogen) atoms. The van der Waals surface area contributed by atoms with Crippen molar-refractivity contribution in [3.63, 3.8) is 0 Å². The van der Waals surface area contributed by atoms with Crippen molar-refractivity contribution in [1.29, 1.82) is 0 Å². The van der Waals surface area contributed by atoms with Crippen LogP contribution in [0.2, 0.25) is 0 Å². The van der Waals surface area contributed by atoms with E-state index in [-0.39, 0.29) is 30.1 Å². The minimum Gasteiger partial charge on any atom is -0.493 e. The van der Waals surface area contributed by atoms with Gasteiger partial charge >= 0.3 is 0 Å². The first-order valence-electron chi connectivity index (χ1n) is 9.81. The Bertz CT molecular complexity index is 1290. The lowest BCUT2D eigenvalue weighted by molar-refractivity contribution is -0.123. The van der Waals surface area contributed by atoms with Crippen LogP contribution in [0.4, 0.5) is 0 Å². The second-order valence-electron chi connectivity index (χ2n) is 6.80. The highest BCUT2D eigenvalue weighted by atomic mass is 16.5. The van der Waals surface area contributed by atoms with Gasteiger partial charge in [-0.15, -0.1) is 0 Å². The summed E-state index contributed by atoms with van der Waals surface area (Å²) in [6.07, 6.45) is 1.52. The van der Waals surface area contributed by atoms with Crippen molar-refractivity contribution in [3.05, 3.63) is 76.8 Å². The molecule has 0 saturated heterocycles. The van der Waals surface area contributed by atoms with E-state index in [0.717, 1.165) is 0 Å². The predicted octanol–water partition coefficient (Wildman–Crippen LogP) is 3.77. The highest BCUT2D eigenvalue weighted by Crippen LogP contribution is 2.36. The maximum Gasteiger partial charge on any atom is 0.258 e. The standard InChI is InChI=1S/C24H21NO7/c1-28-19-10-9-15(12-20(19)29-2)23-24(22(27)17-7-3-4-8-18(17)32-23)31-14-21(26)25-13-16-6-5-11-30-16/h3-12H,13-14H2,1-2H3,(H,25,26). The van der Waals surface area contributed by atoms with Crippen LogP contribution in [0.3, 0.4) is 0 Å². The van der Waals surface area contributed by atoms with E-state index in [0.29, 0.717) is 33.8 Å². The summed E-state index contributed by atoms with van der Waals surface area (Å²) in [7, 11) is 3.04. The van der Waals surface area contributed by atoms with Crippen molar-refractivity contribution in [2.24, 2.45) is 0 Å². The average Bonchev–Trinajstić information content (AvgIpc) is 3.35. The van der Waals surface area contributed by atoms with Gasteiger partial charge < -0.3 is 28.4 Å². The number of carbonyl (C=O) groups excluding carboxylic acids is 1. The summed E-state index contributed by atoms with van der Waals surface area (Å²) in [6.45, 7) is -0.159. The fourth-order valence-corrected chi connectivity index (χ4v) is 3.21. The molecule has 0 unspecified atom stereocenters. The Labute approximate surface area is 183 Å². The van der Waals surface area contributed by atoms with Crippen LogP contribution in [0.1, 0.15) is 5.76 Å². The third kappa shape index (κ3) is 4.29. The van der Waals surface area contributed by atoms with Gasteiger partial charge in [-0.05, 0) is 42.5 Å². The number of fused-ring (bicyclic) bond motifs is 1. The molecular weight excluding hydrogens is 414 g/mol.